The van der Waals surface area contributed by atoms with Crippen LogP contribution in [0.25, 0.3) is 0 Å². The number of anilines is 1. The summed E-state index contributed by atoms with van der Waals surface area (Å²) in [6.45, 7) is 6.70. The van der Waals surface area contributed by atoms with Gasteiger partial charge in [0, 0.05) is 65.0 Å². The summed E-state index contributed by atoms with van der Waals surface area (Å²) in [5, 5.41) is 0. The van der Waals surface area contributed by atoms with Crippen LogP contribution >= 0.6 is 0 Å². The Morgan fingerprint density at radius 3 is 2.39 bits per heavy atom. The van der Waals surface area contributed by atoms with Gasteiger partial charge in [0.2, 0.25) is 5.91 Å². The number of benzene rings is 1. The second-order valence-corrected chi connectivity index (χ2v) is 6.42. The van der Waals surface area contributed by atoms with Crippen molar-refractivity contribution in [3.63, 3.8) is 0 Å². The molecule has 0 aliphatic carbocycles. The van der Waals surface area contributed by atoms with Gasteiger partial charge >= 0.3 is 0 Å². The van der Waals surface area contributed by atoms with Crippen LogP contribution in [-0.4, -0.2) is 74.7 Å². The number of ether oxygens (including phenoxy) is 1. The summed E-state index contributed by atoms with van der Waals surface area (Å²) in [6.07, 6.45) is 1.80. The number of rotatable bonds is 6. The maximum Gasteiger partial charge on any atom is 0.222 e. The number of piperazine rings is 1. The summed E-state index contributed by atoms with van der Waals surface area (Å²) in [6, 6.07) is 10.6. The van der Waals surface area contributed by atoms with E-state index in [1.807, 2.05) is 4.90 Å². The first kappa shape index (κ1) is 16.3. The van der Waals surface area contributed by atoms with Crippen molar-refractivity contribution in [2.24, 2.45) is 0 Å². The molecule has 2 heterocycles. The van der Waals surface area contributed by atoms with Gasteiger partial charge in [-0.3, -0.25) is 9.69 Å². The number of carbonyl (C=O) groups is 1. The number of nitrogens with zero attached hydrogens (tertiary/aromatic N) is 3. The van der Waals surface area contributed by atoms with Gasteiger partial charge in [0.15, 0.2) is 0 Å². The van der Waals surface area contributed by atoms with Gasteiger partial charge in [-0.2, -0.15) is 0 Å². The second-order valence-electron chi connectivity index (χ2n) is 6.42. The Morgan fingerprint density at radius 2 is 1.78 bits per heavy atom. The molecule has 1 unspecified atom stereocenters. The van der Waals surface area contributed by atoms with Gasteiger partial charge in [-0.05, 0) is 18.6 Å². The Balaban J connectivity index is 1.46. The Bertz CT molecular complexity index is 500. The van der Waals surface area contributed by atoms with E-state index < -0.39 is 0 Å². The molecule has 1 aromatic carbocycles. The van der Waals surface area contributed by atoms with Gasteiger partial charge in [-0.15, -0.1) is 0 Å². The number of methoxy groups -OCH3 is 1. The number of likely N-dealkylation sites (tertiary alicyclic amines) is 1. The van der Waals surface area contributed by atoms with E-state index in [1.54, 1.807) is 7.11 Å². The summed E-state index contributed by atoms with van der Waals surface area (Å²) in [5.74, 6) is 0.279. The third-order valence-electron chi connectivity index (χ3n) is 4.88. The highest BCUT2D eigenvalue weighted by molar-refractivity contribution is 5.78. The minimum absolute atomic E-state index is 0.111. The van der Waals surface area contributed by atoms with Crippen LogP contribution in [0.4, 0.5) is 5.69 Å². The normalized spacial score (nSPS) is 21.0. The van der Waals surface area contributed by atoms with E-state index in [9.17, 15) is 4.79 Å². The summed E-state index contributed by atoms with van der Waals surface area (Å²) in [4.78, 5) is 18.6. The predicted molar refractivity (Wildman–Crippen MR) is 91.7 cm³/mol. The molecular weight excluding hydrogens is 290 g/mol. The summed E-state index contributed by atoms with van der Waals surface area (Å²) >= 11 is 0. The van der Waals surface area contributed by atoms with Gasteiger partial charge in [-0.1, -0.05) is 18.2 Å². The van der Waals surface area contributed by atoms with E-state index in [-0.39, 0.29) is 12.0 Å². The molecule has 1 amide bonds. The molecule has 0 saturated carbocycles. The molecule has 0 radical (unpaired) electrons. The van der Waals surface area contributed by atoms with E-state index in [1.165, 1.54) is 5.69 Å². The molecule has 5 nitrogen and oxygen atoms in total. The maximum absolute atomic E-state index is 11.8. The van der Waals surface area contributed by atoms with Crippen molar-refractivity contribution < 1.29 is 9.53 Å². The predicted octanol–water partition coefficient (Wildman–Crippen LogP) is 1.45. The fourth-order valence-corrected chi connectivity index (χ4v) is 3.47. The minimum atomic E-state index is 0.111. The molecule has 2 saturated heterocycles. The maximum atomic E-state index is 11.8. The van der Waals surface area contributed by atoms with Crippen LogP contribution in [0, 0.1) is 0 Å². The first-order valence-corrected chi connectivity index (χ1v) is 8.59. The number of hydrogen-bond donors (Lipinski definition) is 0. The van der Waals surface area contributed by atoms with Crippen LogP contribution in [0.2, 0.25) is 0 Å². The van der Waals surface area contributed by atoms with Crippen molar-refractivity contribution >= 4 is 11.6 Å². The van der Waals surface area contributed by atoms with Gasteiger partial charge < -0.3 is 14.5 Å². The van der Waals surface area contributed by atoms with Crippen LogP contribution in [0.15, 0.2) is 30.3 Å². The average Bonchev–Trinajstić information content (AvgIpc) is 3.00. The SMILES string of the molecule is COC(CN1CCN(c2ccccc2)CC1)CN1CCCC1=O. The molecule has 3 rings (SSSR count). The molecule has 0 N–H and O–H groups in total. The third kappa shape index (κ3) is 4.24. The van der Waals surface area contributed by atoms with Gasteiger partial charge in [-0.25, -0.2) is 0 Å². The molecule has 126 valence electrons. The second kappa shape index (κ2) is 7.79. The average molecular weight is 317 g/mol. The lowest BCUT2D eigenvalue weighted by molar-refractivity contribution is -0.129. The molecule has 0 bridgehead atoms. The Hall–Kier alpha value is -1.59. The molecule has 0 spiro atoms. The molecule has 23 heavy (non-hydrogen) atoms. The fraction of sp³-hybridized carbons (Fsp3) is 0.611. The molecule has 0 aromatic heterocycles. The largest absolute Gasteiger partial charge is 0.378 e. The van der Waals surface area contributed by atoms with Crippen molar-refractivity contribution in [2.45, 2.75) is 18.9 Å². The van der Waals surface area contributed by atoms with Crippen molar-refractivity contribution in [3.05, 3.63) is 30.3 Å². The van der Waals surface area contributed by atoms with Gasteiger partial charge in [0.25, 0.3) is 0 Å². The number of hydrogen-bond acceptors (Lipinski definition) is 4. The van der Waals surface area contributed by atoms with E-state index >= 15 is 0 Å². The molecule has 1 atom stereocenters. The van der Waals surface area contributed by atoms with Crippen LogP contribution in [-0.2, 0) is 9.53 Å². The molecular formula is C18H27N3O2. The van der Waals surface area contributed by atoms with E-state index in [2.05, 4.69) is 40.1 Å². The summed E-state index contributed by atoms with van der Waals surface area (Å²) in [7, 11) is 1.76. The highest BCUT2D eigenvalue weighted by Crippen LogP contribution is 2.16. The molecule has 2 aliphatic heterocycles. The van der Waals surface area contributed by atoms with Gasteiger partial charge in [0.1, 0.15) is 0 Å². The molecule has 1 aromatic rings. The third-order valence-corrected chi connectivity index (χ3v) is 4.88. The van der Waals surface area contributed by atoms with Crippen LogP contribution in [0.3, 0.4) is 0 Å². The van der Waals surface area contributed by atoms with Crippen LogP contribution < -0.4 is 4.90 Å². The van der Waals surface area contributed by atoms with Crippen LogP contribution in [0.5, 0.6) is 0 Å². The van der Waals surface area contributed by atoms with Crippen molar-refractivity contribution in [2.75, 3.05) is 57.8 Å². The fourth-order valence-electron chi connectivity index (χ4n) is 3.47. The summed E-state index contributed by atoms with van der Waals surface area (Å²) in [5.41, 5.74) is 1.30. The van der Waals surface area contributed by atoms with Gasteiger partial charge in [0.05, 0.1) is 6.10 Å². The number of carbonyl (C=O) groups excluding carboxylic acids is 1. The monoisotopic (exact) mass is 317 g/mol. The molecule has 2 aliphatic rings. The zero-order chi connectivity index (χ0) is 16.1. The quantitative estimate of drug-likeness (QED) is 0.796. The number of para-hydroxylation sites is 1. The zero-order valence-corrected chi connectivity index (χ0v) is 14.0. The first-order valence-electron chi connectivity index (χ1n) is 8.59. The molecule has 5 heteroatoms. The number of amides is 1. The Kier molecular flexibility index (Phi) is 5.51. The van der Waals surface area contributed by atoms with Crippen molar-refractivity contribution in [1.82, 2.24) is 9.80 Å². The van der Waals surface area contributed by atoms with Crippen molar-refractivity contribution in [3.8, 4) is 0 Å². The Morgan fingerprint density at radius 1 is 1.04 bits per heavy atom. The lowest BCUT2D eigenvalue weighted by atomic mass is 10.2. The molecule has 2 fully saturated rings. The standard InChI is InChI=1S/C18H27N3O2/c1-23-17(15-21-9-5-8-18(21)22)14-19-10-12-20(13-11-19)16-6-3-2-4-7-16/h2-4,6-7,17H,5,8-15H2,1H3. The van der Waals surface area contributed by atoms with E-state index in [4.69, 9.17) is 4.74 Å². The first-order chi connectivity index (χ1) is 11.3. The lowest BCUT2D eigenvalue weighted by Gasteiger charge is -2.37. The topological polar surface area (TPSA) is 36.0 Å². The Labute approximate surface area is 138 Å². The highest BCUT2D eigenvalue weighted by Gasteiger charge is 2.26. The summed E-state index contributed by atoms with van der Waals surface area (Å²) < 4.78 is 5.63. The minimum Gasteiger partial charge on any atom is -0.378 e. The van der Waals surface area contributed by atoms with E-state index in [0.717, 1.165) is 52.2 Å². The van der Waals surface area contributed by atoms with Crippen molar-refractivity contribution in [1.29, 1.82) is 0 Å². The lowest BCUT2D eigenvalue weighted by Crippen LogP contribution is -2.50. The van der Waals surface area contributed by atoms with Crippen LogP contribution in [0.1, 0.15) is 12.8 Å². The zero-order valence-electron chi connectivity index (χ0n) is 14.0. The van der Waals surface area contributed by atoms with E-state index in [0.29, 0.717) is 6.42 Å². The highest BCUT2D eigenvalue weighted by atomic mass is 16.5. The smallest absolute Gasteiger partial charge is 0.222 e.